The quantitative estimate of drug-likeness (QED) is 0.655. The van der Waals surface area contributed by atoms with Crippen molar-refractivity contribution in [2.75, 3.05) is 19.0 Å². The highest BCUT2D eigenvalue weighted by Crippen LogP contribution is 2.11. The third kappa shape index (κ3) is 8.70. The van der Waals surface area contributed by atoms with Crippen LogP contribution in [0, 0.1) is 6.92 Å². The Bertz CT molecular complexity index is 715. The molecule has 0 aliphatic rings. The van der Waals surface area contributed by atoms with Crippen molar-refractivity contribution in [3.05, 3.63) is 59.7 Å². The van der Waals surface area contributed by atoms with Crippen molar-refractivity contribution >= 4 is 24.1 Å². The first-order chi connectivity index (χ1) is 12.6. The topological polar surface area (TPSA) is 104 Å². The number of aliphatic hydroxyl groups excluding tert-OH is 1. The lowest BCUT2D eigenvalue weighted by molar-refractivity contribution is -0.120. The molecule has 0 aliphatic carbocycles. The van der Waals surface area contributed by atoms with E-state index in [1.165, 1.54) is 0 Å². The molecule has 2 aromatic rings. The number of nitrogens with one attached hydrogen (secondary N) is 2. The number of benzene rings is 1. The first kappa shape index (κ1) is 21.0. The van der Waals surface area contributed by atoms with Crippen LogP contribution in [-0.4, -0.2) is 41.0 Å². The van der Waals surface area contributed by atoms with Crippen LogP contribution in [0.25, 0.3) is 6.08 Å². The van der Waals surface area contributed by atoms with Crippen LogP contribution in [0.15, 0.2) is 42.7 Å². The maximum atomic E-state index is 11.0. The molecule has 1 aromatic heterocycles. The van der Waals surface area contributed by atoms with E-state index >= 15 is 0 Å². The van der Waals surface area contributed by atoms with Crippen molar-refractivity contribution in [1.82, 2.24) is 15.3 Å². The number of aromatic nitrogens is 2. The van der Waals surface area contributed by atoms with Crippen molar-refractivity contribution in [3.8, 4) is 0 Å². The Kier molecular flexibility index (Phi) is 9.95. The highest BCUT2D eigenvalue weighted by molar-refractivity contribution is 5.76. The van der Waals surface area contributed by atoms with Crippen molar-refractivity contribution in [2.45, 2.75) is 19.8 Å². The molecule has 0 radical (unpaired) electrons. The highest BCUT2D eigenvalue weighted by atomic mass is 16.2. The lowest BCUT2D eigenvalue weighted by Gasteiger charge is -2.03. The number of anilines is 1. The molecule has 1 aromatic carbocycles. The molecule has 0 atom stereocenters. The summed E-state index contributed by atoms with van der Waals surface area (Å²) >= 11 is 0. The summed E-state index contributed by atoms with van der Waals surface area (Å²) in [5.74, 6) is 0.0174. The van der Waals surface area contributed by atoms with Gasteiger partial charge in [0.05, 0.1) is 24.2 Å². The molecule has 1 heterocycles. The van der Waals surface area contributed by atoms with Gasteiger partial charge in [-0.1, -0.05) is 18.2 Å². The smallest absolute Gasteiger partial charge is 0.220 e. The van der Waals surface area contributed by atoms with Gasteiger partial charge in [-0.2, -0.15) is 0 Å². The van der Waals surface area contributed by atoms with E-state index < -0.39 is 0 Å². The normalized spacial score (nSPS) is 9.96. The number of carbonyl (C=O) groups is 2. The van der Waals surface area contributed by atoms with Crippen LogP contribution in [-0.2, 0) is 16.0 Å². The second kappa shape index (κ2) is 12.3. The zero-order valence-corrected chi connectivity index (χ0v) is 15.0. The van der Waals surface area contributed by atoms with Crippen molar-refractivity contribution in [1.29, 1.82) is 0 Å². The Hall–Kier alpha value is -3.06. The van der Waals surface area contributed by atoms with E-state index in [9.17, 15) is 9.59 Å². The molecule has 0 fully saturated rings. The number of aryl methyl sites for hydroxylation is 2. The van der Waals surface area contributed by atoms with E-state index in [-0.39, 0.29) is 12.5 Å². The summed E-state index contributed by atoms with van der Waals surface area (Å²) < 4.78 is 0. The van der Waals surface area contributed by atoms with Gasteiger partial charge in [0.2, 0.25) is 12.3 Å². The Morgan fingerprint density at radius 2 is 2.08 bits per heavy atom. The highest BCUT2D eigenvalue weighted by Gasteiger charge is 2.00. The largest absolute Gasteiger partial charge is 0.392 e. The zero-order valence-electron chi connectivity index (χ0n) is 15.0. The minimum Gasteiger partial charge on any atom is -0.392 e. The van der Waals surface area contributed by atoms with Crippen LogP contribution < -0.4 is 10.6 Å². The SMILES string of the molecule is CNC(=O)CCc1cccc(NC=O)c1.Cc1cnc(/C=C/CO)cn1. The maximum absolute atomic E-state index is 11.0. The van der Waals surface area contributed by atoms with Crippen molar-refractivity contribution in [2.24, 2.45) is 0 Å². The van der Waals surface area contributed by atoms with E-state index in [0.717, 1.165) is 22.6 Å². The fraction of sp³-hybridized carbons (Fsp3) is 0.263. The monoisotopic (exact) mass is 356 g/mol. The lowest BCUT2D eigenvalue weighted by Crippen LogP contribution is -2.17. The summed E-state index contributed by atoms with van der Waals surface area (Å²) in [5, 5.41) is 13.6. The minimum absolute atomic E-state index is 0.0174. The Morgan fingerprint density at radius 1 is 1.27 bits per heavy atom. The standard InChI is InChI=1S/C11H14N2O2.C8H10N2O/c1-12-11(15)6-5-9-3-2-4-10(7-9)13-8-14;1-7-5-10-8(6-9-7)3-2-4-11/h2-4,7-8H,5-6H2,1H3,(H,12,15)(H,13,14);2-3,5-6,11H,4H2,1H3/b;3-2+. The summed E-state index contributed by atoms with van der Waals surface area (Å²) in [6, 6.07) is 7.44. The number of aliphatic hydroxyl groups is 1. The lowest BCUT2D eigenvalue weighted by atomic mass is 10.1. The number of carbonyl (C=O) groups excluding carboxylic acids is 2. The molecule has 138 valence electrons. The third-order valence-electron chi connectivity index (χ3n) is 3.27. The molecule has 0 spiro atoms. The van der Waals surface area contributed by atoms with E-state index in [2.05, 4.69) is 20.6 Å². The van der Waals surface area contributed by atoms with Gasteiger partial charge in [-0.25, -0.2) is 0 Å². The Balaban J connectivity index is 0.000000273. The van der Waals surface area contributed by atoms with Gasteiger partial charge >= 0.3 is 0 Å². The van der Waals surface area contributed by atoms with Crippen LogP contribution in [0.2, 0.25) is 0 Å². The van der Waals surface area contributed by atoms with Crippen LogP contribution >= 0.6 is 0 Å². The molecule has 0 aliphatic heterocycles. The van der Waals surface area contributed by atoms with Crippen molar-refractivity contribution < 1.29 is 14.7 Å². The average Bonchev–Trinajstić information content (AvgIpc) is 2.67. The van der Waals surface area contributed by atoms with E-state index in [1.54, 1.807) is 37.7 Å². The van der Waals surface area contributed by atoms with E-state index in [1.807, 2.05) is 25.1 Å². The third-order valence-corrected chi connectivity index (χ3v) is 3.27. The molecule has 0 unspecified atom stereocenters. The summed E-state index contributed by atoms with van der Waals surface area (Å²) in [7, 11) is 1.62. The number of nitrogens with zero attached hydrogens (tertiary/aromatic N) is 2. The minimum atomic E-state index is 0.0174. The van der Waals surface area contributed by atoms with Gasteiger partial charge < -0.3 is 15.7 Å². The predicted octanol–water partition coefficient (Wildman–Crippen LogP) is 1.72. The number of hydrogen-bond acceptors (Lipinski definition) is 5. The summed E-state index contributed by atoms with van der Waals surface area (Å²) in [6.45, 7) is 1.92. The van der Waals surface area contributed by atoms with Gasteiger partial charge in [-0.15, -0.1) is 0 Å². The number of hydrogen-bond donors (Lipinski definition) is 3. The van der Waals surface area contributed by atoms with Gasteiger partial charge in [-0.05, 0) is 37.1 Å². The average molecular weight is 356 g/mol. The second-order valence-electron chi connectivity index (χ2n) is 5.30. The first-order valence-electron chi connectivity index (χ1n) is 8.14. The molecule has 0 saturated heterocycles. The molecular weight excluding hydrogens is 332 g/mol. The molecule has 7 heteroatoms. The van der Waals surface area contributed by atoms with Crippen LogP contribution in [0.4, 0.5) is 5.69 Å². The fourth-order valence-electron chi connectivity index (χ4n) is 1.93. The fourth-order valence-corrected chi connectivity index (χ4v) is 1.93. The van der Waals surface area contributed by atoms with E-state index in [4.69, 9.17) is 5.11 Å². The number of rotatable bonds is 7. The molecule has 0 bridgehead atoms. The molecular formula is C19H24N4O3. The molecule has 3 N–H and O–H groups in total. The maximum Gasteiger partial charge on any atom is 0.220 e. The predicted molar refractivity (Wildman–Crippen MR) is 101 cm³/mol. The van der Waals surface area contributed by atoms with Gasteiger partial charge in [0.25, 0.3) is 0 Å². The van der Waals surface area contributed by atoms with Gasteiger partial charge in [0, 0.05) is 25.4 Å². The van der Waals surface area contributed by atoms with Gasteiger partial charge in [-0.3, -0.25) is 19.6 Å². The Labute approximate surface area is 153 Å². The van der Waals surface area contributed by atoms with Crippen LogP contribution in [0.5, 0.6) is 0 Å². The van der Waals surface area contributed by atoms with Crippen LogP contribution in [0.3, 0.4) is 0 Å². The summed E-state index contributed by atoms with van der Waals surface area (Å²) in [4.78, 5) is 29.3. The second-order valence-corrected chi connectivity index (χ2v) is 5.30. The summed E-state index contributed by atoms with van der Waals surface area (Å²) in [5.41, 5.74) is 3.45. The van der Waals surface area contributed by atoms with E-state index in [0.29, 0.717) is 19.3 Å². The summed E-state index contributed by atoms with van der Waals surface area (Å²) in [6.07, 6.45) is 8.48. The molecule has 7 nitrogen and oxygen atoms in total. The zero-order chi connectivity index (χ0) is 19.2. The van der Waals surface area contributed by atoms with Crippen LogP contribution in [0.1, 0.15) is 23.4 Å². The molecule has 2 rings (SSSR count). The van der Waals surface area contributed by atoms with Crippen molar-refractivity contribution in [3.63, 3.8) is 0 Å². The molecule has 2 amide bonds. The van der Waals surface area contributed by atoms with Gasteiger partial charge in [0.15, 0.2) is 0 Å². The first-order valence-corrected chi connectivity index (χ1v) is 8.14. The number of amides is 2. The van der Waals surface area contributed by atoms with Gasteiger partial charge in [0.1, 0.15) is 0 Å². The molecule has 0 saturated carbocycles. The molecule has 26 heavy (non-hydrogen) atoms. The Morgan fingerprint density at radius 3 is 2.69 bits per heavy atom.